The molecule has 0 radical (unpaired) electrons. The van der Waals surface area contributed by atoms with Crippen LogP contribution in [0.2, 0.25) is 0 Å². The molecule has 1 fully saturated rings. The summed E-state index contributed by atoms with van der Waals surface area (Å²) in [6, 6.07) is 9.84. The lowest BCUT2D eigenvalue weighted by Gasteiger charge is -2.26. The topological polar surface area (TPSA) is 75.7 Å². The van der Waals surface area contributed by atoms with Gasteiger partial charge in [0.2, 0.25) is 10.0 Å². The minimum absolute atomic E-state index is 0.0446. The van der Waals surface area contributed by atoms with Crippen molar-refractivity contribution in [3.8, 4) is 0 Å². The van der Waals surface area contributed by atoms with Gasteiger partial charge < -0.3 is 10.1 Å². The Labute approximate surface area is 159 Å². The standard InChI is InChI=1S/C17H16BrFN2O4S/c18-13-3-6-16(15(19)11-13)20-17(22)12-1-4-14(5-2-12)26(23,24)21-7-9-25-10-8-21/h1-6,11H,7-10H2,(H,20,22). The Morgan fingerprint density at radius 1 is 1.12 bits per heavy atom. The van der Waals surface area contributed by atoms with E-state index in [2.05, 4.69) is 21.2 Å². The van der Waals surface area contributed by atoms with E-state index in [0.717, 1.165) is 0 Å². The van der Waals surface area contributed by atoms with E-state index in [-0.39, 0.29) is 16.1 Å². The summed E-state index contributed by atoms with van der Waals surface area (Å²) in [5, 5.41) is 2.46. The molecule has 6 nitrogen and oxygen atoms in total. The van der Waals surface area contributed by atoms with Gasteiger partial charge in [0.15, 0.2) is 0 Å². The van der Waals surface area contributed by atoms with Crippen LogP contribution in [0, 0.1) is 5.82 Å². The first-order chi connectivity index (χ1) is 12.4. The number of benzene rings is 2. The molecule has 26 heavy (non-hydrogen) atoms. The van der Waals surface area contributed by atoms with Crippen molar-refractivity contribution in [3.63, 3.8) is 0 Å². The average Bonchev–Trinajstić information content (AvgIpc) is 2.65. The van der Waals surface area contributed by atoms with Gasteiger partial charge in [-0.3, -0.25) is 4.79 Å². The van der Waals surface area contributed by atoms with Crippen molar-refractivity contribution >= 4 is 37.5 Å². The number of ether oxygens (including phenoxy) is 1. The van der Waals surface area contributed by atoms with E-state index in [1.807, 2.05) is 0 Å². The molecule has 0 saturated carbocycles. The highest BCUT2D eigenvalue weighted by molar-refractivity contribution is 9.10. The van der Waals surface area contributed by atoms with E-state index in [9.17, 15) is 17.6 Å². The number of amides is 1. The SMILES string of the molecule is O=C(Nc1ccc(Br)cc1F)c1ccc(S(=O)(=O)N2CCOCC2)cc1. The number of carbonyl (C=O) groups excluding carboxylic acids is 1. The zero-order chi connectivity index (χ0) is 18.7. The van der Waals surface area contributed by atoms with Gasteiger partial charge in [-0.15, -0.1) is 0 Å². The Balaban J connectivity index is 1.75. The Hall–Kier alpha value is -1.81. The van der Waals surface area contributed by atoms with Crippen LogP contribution in [0.3, 0.4) is 0 Å². The lowest BCUT2D eigenvalue weighted by molar-refractivity contribution is 0.0730. The number of hydrogen-bond acceptors (Lipinski definition) is 4. The summed E-state index contributed by atoms with van der Waals surface area (Å²) < 4.78 is 46.0. The Kier molecular flexibility index (Phi) is 5.71. The van der Waals surface area contributed by atoms with Crippen molar-refractivity contribution in [2.45, 2.75) is 4.90 Å². The van der Waals surface area contributed by atoms with E-state index < -0.39 is 21.7 Å². The number of sulfonamides is 1. The van der Waals surface area contributed by atoms with Gasteiger partial charge in [0.1, 0.15) is 5.82 Å². The van der Waals surface area contributed by atoms with Gasteiger partial charge in [-0.05, 0) is 42.5 Å². The summed E-state index contributed by atoms with van der Waals surface area (Å²) in [6.07, 6.45) is 0. The number of rotatable bonds is 4. The van der Waals surface area contributed by atoms with Crippen molar-refractivity contribution in [1.82, 2.24) is 4.31 Å². The zero-order valence-electron chi connectivity index (χ0n) is 13.6. The maximum atomic E-state index is 13.8. The lowest BCUT2D eigenvalue weighted by atomic mass is 10.2. The third-order valence-corrected chi connectivity index (χ3v) is 6.31. The second kappa shape index (κ2) is 7.83. The second-order valence-corrected chi connectivity index (χ2v) is 8.47. The highest BCUT2D eigenvalue weighted by Gasteiger charge is 2.26. The molecule has 0 spiro atoms. The molecular formula is C17H16BrFN2O4S. The molecule has 1 amide bonds. The Morgan fingerprint density at radius 2 is 1.77 bits per heavy atom. The highest BCUT2D eigenvalue weighted by atomic mass is 79.9. The molecule has 0 aliphatic carbocycles. The molecule has 0 unspecified atom stereocenters. The fraction of sp³-hybridized carbons (Fsp3) is 0.235. The van der Waals surface area contributed by atoms with E-state index in [1.165, 1.54) is 40.7 Å². The minimum Gasteiger partial charge on any atom is -0.379 e. The third-order valence-electron chi connectivity index (χ3n) is 3.90. The van der Waals surface area contributed by atoms with Crippen LogP contribution >= 0.6 is 15.9 Å². The van der Waals surface area contributed by atoms with Gasteiger partial charge >= 0.3 is 0 Å². The molecule has 1 aliphatic heterocycles. The summed E-state index contributed by atoms with van der Waals surface area (Å²) in [6.45, 7) is 1.32. The first kappa shape index (κ1) is 19.0. The molecule has 1 saturated heterocycles. The van der Waals surface area contributed by atoms with Crippen molar-refractivity contribution in [2.75, 3.05) is 31.6 Å². The summed E-state index contributed by atoms with van der Waals surface area (Å²) in [5.74, 6) is -1.10. The molecule has 2 aromatic carbocycles. The van der Waals surface area contributed by atoms with Gasteiger partial charge in [0.05, 0.1) is 23.8 Å². The van der Waals surface area contributed by atoms with E-state index >= 15 is 0 Å². The van der Waals surface area contributed by atoms with Crippen molar-refractivity contribution in [3.05, 3.63) is 58.3 Å². The summed E-state index contributed by atoms with van der Waals surface area (Å²) in [4.78, 5) is 12.4. The summed E-state index contributed by atoms with van der Waals surface area (Å²) >= 11 is 3.15. The average molecular weight is 443 g/mol. The van der Waals surface area contributed by atoms with Crippen molar-refractivity contribution in [2.24, 2.45) is 0 Å². The van der Waals surface area contributed by atoms with E-state index in [4.69, 9.17) is 4.74 Å². The number of hydrogen-bond donors (Lipinski definition) is 1. The van der Waals surface area contributed by atoms with Crippen LogP contribution in [0.1, 0.15) is 10.4 Å². The van der Waals surface area contributed by atoms with Gasteiger partial charge in [0.25, 0.3) is 5.91 Å². The zero-order valence-corrected chi connectivity index (χ0v) is 16.0. The molecule has 2 aromatic rings. The first-order valence-electron chi connectivity index (χ1n) is 7.82. The van der Waals surface area contributed by atoms with Crippen molar-refractivity contribution < 1.29 is 22.3 Å². The summed E-state index contributed by atoms with van der Waals surface area (Å²) in [5.41, 5.74) is 0.275. The van der Waals surface area contributed by atoms with Gasteiger partial charge in [-0.1, -0.05) is 15.9 Å². The lowest BCUT2D eigenvalue weighted by Crippen LogP contribution is -2.40. The molecule has 0 bridgehead atoms. The van der Waals surface area contributed by atoms with Crippen LogP contribution in [0.5, 0.6) is 0 Å². The molecule has 1 heterocycles. The Morgan fingerprint density at radius 3 is 2.38 bits per heavy atom. The number of nitrogens with zero attached hydrogens (tertiary/aromatic N) is 1. The van der Waals surface area contributed by atoms with E-state index in [0.29, 0.717) is 30.8 Å². The molecule has 1 N–H and O–H groups in total. The van der Waals surface area contributed by atoms with Crippen molar-refractivity contribution in [1.29, 1.82) is 0 Å². The van der Waals surface area contributed by atoms with Gasteiger partial charge in [-0.2, -0.15) is 4.31 Å². The smallest absolute Gasteiger partial charge is 0.255 e. The van der Waals surface area contributed by atoms with Gasteiger partial charge in [-0.25, -0.2) is 12.8 Å². The summed E-state index contributed by atoms with van der Waals surface area (Å²) in [7, 11) is -3.62. The van der Waals surface area contributed by atoms with Gasteiger partial charge in [0, 0.05) is 23.1 Å². The van der Waals surface area contributed by atoms with Crippen LogP contribution < -0.4 is 5.32 Å². The molecule has 138 valence electrons. The largest absolute Gasteiger partial charge is 0.379 e. The molecule has 9 heteroatoms. The maximum absolute atomic E-state index is 13.8. The Bertz CT molecular complexity index is 913. The fourth-order valence-electron chi connectivity index (χ4n) is 2.50. The predicted molar refractivity (Wildman–Crippen MR) is 98.1 cm³/mol. The highest BCUT2D eigenvalue weighted by Crippen LogP contribution is 2.21. The predicted octanol–water partition coefficient (Wildman–Crippen LogP) is 2.86. The molecule has 0 aromatic heterocycles. The normalized spacial score (nSPS) is 15.6. The van der Waals surface area contributed by atoms with Crippen LogP contribution in [-0.4, -0.2) is 44.9 Å². The number of halogens is 2. The number of nitrogens with one attached hydrogen (secondary N) is 1. The molecular weight excluding hydrogens is 427 g/mol. The molecule has 1 aliphatic rings. The minimum atomic E-state index is -3.62. The van der Waals surface area contributed by atoms with Crippen LogP contribution in [-0.2, 0) is 14.8 Å². The van der Waals surface area contributed by atoms with E-state index in [1.54, 1.807) is 6.07 Å². The number of carbonyl (C=O) groups is 1. The maximum Gasteiger partial charge on any atom is 0.255 e. The second-order valence-electron chi connectivity index (χ2n) is 5.62. The first-order valence-corrected chi connectivity index (χ1v) is 10.1. The fourth-order valence-corrected chi connectivity index (χ4v) is 4.24. The van der Waals surface area contributed by atoms with Crippen LogP contribution in [0.25, 0.3) is 0 Å². The third kappa shape index (κ3) is 4.12. The quantitative estimate of drug-likeness (QED) is 0.789. The molecule has 3 rings (SSSR count). The number of morpholine rings is 1. The van der Waals surface area contributed by atoms with Crippen LogP contribution in [0.4, 0.5) is 10.1 Å². The van der Waals surface area contributed by atoms with Crippen LogP contribution in [0.15, 0.2) is 51.8 Å². The monoisotopic (exact) mass is 442 g/mol. The number of anilines is 1. The molecule has 0 atom stereocenters.